The predicted octanol–water partition coefficient (Wildman–Crippen LogP) is 5.17. The summed E-state index contributed by atoms with van der Waals surface area (Å²) in [5, 5.41) is 0. The molecule has 0 N–H and O–H groups in total. The zero-order valence-electron chi connectivity index (χ0n) is 11.6. The molecule has 1 aromatic rings. The van der Waals surface area contributed by atoms with Crippen LogP contribution in [0.3, 0.4) is 0 Å². The molecule has 1 rings (SSSR count). The highest BCUT2D eigenvalue weighted by Gasteiger charge is 2.87. The summed E-state index contributed by atoms with van der Waals surface area (Å²) in [7, 11) is 0.241. The van der Waals surface area contributed by atoms with Gasteiger partial charge in [-0.2, -0.15) is 48.3 Å². The summed E-state index contributed by atoms with van der Waals surface area (Å²) in [6.07, 6.45) is -7.26. The highest BCUT2D eigenvalue weighted by atomic mass is 35.7. The van der Waals surface area contributed by atoms with Crippen molar-refractivity contribution in [1.82, 2.24) is 0 Å². The van der Waals surface area contributed by atoms with E-state index in [0.717, 1.165) is 0 Å². The Balaban J connectivity index is 3.49. The van der Waals surface area contributed by atoms with Gasteiger partial charge in [-0.1, -0.05) is 12.1 Å². The molecule has 150 valence electrons. The van der Waals surface area contributed by atoms with E-state index >= 15 is 0 Å². The highest BCUT2D eigenvalue weighted by molar-refractivity contribution is 8.13. The number of rotatable bonds is 5. The van der Waals surface area contributed by atoms with Gasteiger partial charge in [-0.3, -0.25) is 0 Å². The molecule has 0 aromatic heterocycles. The average Bonchev–Trinajstić information content (AvgIpc) is 2.44. The van der Waals surface area contributed by atoms with E-state index in [-0.39, 0.29) is 24.3 Å². The van der Waals surface area contributed by atoms with Crippen molar-refractivity contribution in [2.24, 2.45) is 0 Å². The third-order valence-corrected chi connectivity index (χ3v) is 4.41. The molecule has 0 aliphatic carbocycles. The second-order valence-electron chi connectivity index (χ2n) is 4.76. The van der Waals surface area contributed by atoms with Crippen molar-refractivity contribution >= 4 is 19.7 Å². The Labute approximate surface area is 142 Å². The molecule has 0 radical (unpaired) electrons. The quantitative estimate of drug-likeness (QED) is 0.464. The van der Waals surface area contributed by atoms with E-state index in [1.807, 2.05) is 0 Å². The minimum Gasteiger partial charge on any atom is -0.207 e. The van der Waals surface area contributed by atoms with Gasteiger partial charge in [-0.15, -0.1) is 0 Å². The van der Waals surface area contributed by atoms with Crippen LogP contribution in [0.25, 0.3) is 0 Å². The zero-order valence-corrected chi connectivity index (χ0v) is 13.1. The van der Waals surface area contributed by atoms with Crippen molar-refractivity contribution in [3.63, 3.8) is 0 Å². The Morgan fingerprint density at radius 2 is 1.04 bits per heavy atom. The predicted molar refractivity (Wildman–Crippen MR) is 64.3 cm³/mol. The van der Waals surface area contributed by atoms with Gasteiger partial charge < -0.3 is 0 Å². The molecule has 0 saturated heterocycles. The Morgan fingerprint density at radius 3 is 1.35 bits per heavy atom. The molecule has 1 aromatic carbocycles. The van der Waals surface area contributed by atoms with Crippen LogP contribution in [0.15, 0.2) is 29.2 Å². The normalized spacial score (nSPS) is 15.2. The summed E-state index contributed by atoms with van der Waals surface area (Å²) in [6.45, 7) is 0. The molecular weight excluding hydrogens is 441 g/mol. The standard InChI is InChI=1S/C11H4ClF11O2S/c12-26(24,25)6-3-1-5(2-4-6)7(13,14)8(15,16)9(17,18)10(19,20)11(21,22)23/h1-4H. The van der Waals surface area contributed by atoms with Crippen LogP contribution in [0.4, 0.5) is 48.3 Å². The van der Waals surface area contributed by atoms with Gasteiger partial charge in [0.25, 0.3) is 9.05 Å². The van der Waals surface area contributed by atoms with E-state index in [9.17, 15) is 56.7 Å². The first-order chi connectivity index (χ1) is 11.2. The molecule has 0 fully saturated rings. The summed E-state index contributed by atoms with van der Waals surface area (Å²) in [6, 6.07) is -0.0978. The van der Waals surface area contributed by atoms with Crippen molar-refractivity contribution in [1.29, 1.82) is 0 Å². The number of hydrogen-bond acceptors (Lipinski definition) is 2. The zero-order chi connectivity index (χ0) is 21.0. The van der Waals surface area contributed by atoms with Gasteiger partial charge in [0.15, 0.2) is 0 Å². The summed E-state index contributed by atoms with van der Waals surface area (Å²) < 4.78 is 163. The maximum atomic E-state index is 13.7. The van der Waals surface area contributed by atoms with Crippen LogP contribution >= 0.6 is 10.7 Å². The van der Waals surface area contributed by atoms with E-state index in [2.05, 4.69) is 0 Å². The fourth-order valence-corrected chi connectivity index (χ4v) is 2.35. The molecule has 2 nitrogen and oxygen atoms in total. The maximum Gasteiger partial charge on any atom is 0.460 e. The molecule has 0 saturated carbocycles. The molecule has 26 heavy (non-hydrogen) atoms. The van der Waals surface area contributed by atoms with E-state index in [0.29, 0.717) is 0 Å². The largest absolute Gasteiger partial charge is 0.460 e. The number of halogens is 12. The summed E-state index contributed by atoms with van der Waals surface area (Å²) in [4.78, 5) is -0.950. The molecule has 0 atom stereocenters. The number of alkyl halides is 11. The monoisotopic (exact) mass is 444 g/mol. The highest BCUT2D eigenvalue weighted by Crippen LogP contribution is 2.59. The molecule has 0 amide bonds. The van der Waals surface area contributed by atoms with Gasteiger partial charge in [0.1, 0.15) is 0 Å². The Morgan fingerprint density at radius 1 is 0.654 bits per heavy atom. The smallest absolute Gasteiger partial charge is 0.207 e. The third kappa shape index (κ3) is 3.32. The maximum absolute atomic E-state index is 13.7. The molecule has 0 aliphatic heterocycles. The fraction of sp³-hybridized carbons (Fsp3) is 0.455. The van der Waals surface area contributed by atoms with Gasteiger partial charge in [-0.25, -0.2) is 8.42 Å². The Kier molecular flexibility index (Phi) is 5.34. The molecule has 0 unspecified atom stereocenters. The fourth-order valence-electron chi connectivity index (χ4n) is 1.58. The van der Waals surface area contributed by atoms with E-state index in [1.165, 1.54) is 0 Å². The van der Waals surface area contributed by atoms with Crippen LogP contribution < -0.4 is 0 Å². The number of hydrogen-bond donors (Lipinski definition) is 0. The summed E-state index contributed by atoms with van der Waals surface area (Å²) >= 11 is 0. The summed E-state index contributed by atoms with van der Waals surface area (Å²) in [5.41, 5.74) is -2.15. The lowest BCUT2D eigenvalue weighted by molar-refractivity contribution is -0.424. The van der Waals surface area contributed by atoms with Crippen LogP contribution in [-0.4, -0.2) is 32.4 Å². The topological polar surface area (TPSA) is 34.1 Å². The molecule has 0 aliphatic rings. The van der Waals surface area contributed by atoms with E-state index in [4.69, 9.17) is 10.7 Å². The number of benzene rings is 1. The van der Waals surface area contributed by atoms with E-state index < -0.39 is 49.4 Å². The van der Waals surface area contributed by atoms with Crippen LogP contribution in [0.2, 0.25) is 0 Å². The van der Waals surface area contributed by atoms with Gasteiger partial charge in [-0.05, 0) is 12.1 Å². The lowest BCUT2D eigenvalue weighted by atomic mass is 9.93. The lowest BCUT2D eigenvalue weighted by Gasteiger charge is -2.37. The van der Waals surface area contributed by atoms with Crippen molar-refractivity contribution in [3.05, 3.63) is 29.8 Å². The molecule has 0 bridgehead atoms. The third-order valence-electron chi connectivity index (χ3n) is 3.04. The van der Waals surface area contributed by atoms with Gasteiger partial charge >= 0.3 is 29.9 Å². The van der Waals surface area contributed by atoms with Crippen molar-refractivity contribution < 1.29 is 56.7 Å². The molecule has 0 heterocycles. The van der Waals surface area contributed by atoms with Crippen molar-refractivity contribution in [2.75, 3.05) is 0 Å². The van der Waals surface area contributed by atoms with Crippen LogP contribution in [0, 0.1) is 0 Å². The van der Waals surface area contributed by atoms with Crippen LogP contribution in [-0.2, 0) is 15.0 Å². The minimum atomic E-state index is -7.54. The minimum absolute atomic E-state index is 0.141. The van der Waals surface area contributed by atoms with Gasteiger partial charge in [0.05, 0.1) is 4.90 Å². The van der Waals surface area contributed by atoms with Crippen molar-refractivity contribution in [2.45, 2.75) is 34.8 Å². The SMILES string of the molecule is O=S(=O)(Cl)c1ccc(C(F)(F)C(F)(F)C(F)(F)C(F)(F)C(F)(F)F)cc1. The molecular formula is C11H4ClF11O2S. The molecule has 15 heteroatoms. The van der Waals surface area contributed by atoms with Crippen molar-refractivity contribution in [3.8, 4) is 0 Å². The first kappa shape index (κ1) is 22.7. The van der Waals surface area contributed by atoms with E-state index in [1.54, 1.807) is 0 Å². The second kappa shape index (κ2) is 6.11. The Hall–Kier alpha value is -1.31. The van der Waals surface area contributed by atoms with Gasteiger partial charge in [0.2, 0.25) is 0 Å². The lowest BCUT2D eigenvalue weighted by Crippen LogP contribution is -2.65. The van der Waals surface area contributed by atoms with Crippen LogP contribution in [0.1, 0.15) is 5.56 Å². The molecule has 0 spiro atoms. The first-order valence-electron chi connectivity index (χ1n) is 5.84. The van der Waals surface area contributed by atoms with Gasteiger partial charge in [0, 0.05) is 16.2 Å². The van der Waals surface area contributed by atoms with Crippen LogP contribution in [0.5, 0.6) is 0 Å². The summed E-state index contributed by atoms with van der Waals surface area (Å²) in [5.74, 6) is -28.5. The first-order valence-corrected chi connectivity index (χ1v) is 8.15. The second-order valence-corrected chi connectivity index (χ2v) is 7.32. The average molecular weight is 445 g/mol. The Bertz CT molecular complexity index is 768.